The van der Waals surface area contributed by atoms with Gasteiger partial charge in [-0.2, -0.15) is 0 Å². The number of aryl methyl sites for hydroxylation is 2. The fourth-order valence-corrected chi connectivity index (χ4v) is 2.79. The third kappa shape index (κ3) is 4.53. The lowest BCUT2D eigenvalue weighted by Gasteiger charge is -2.10. The minimum atomic E-state index is 0.506. The molecule has 3 rings (SSSR count). The molecule has 0 radical (unpaired) electrons. The molecule has 132 valence electrons. The van der Waals surface area contributed by atoms with Crippen molar-refractivity contribution in [3.63, 3.8) is 0 Å². The van der Waals surface area contributed by atoms with E-state index >= 15 is 0 Å². The zero-order chi connectivity index (χ0) is 18.5. The van der Waals surface area contributed by atoms with E-state index in [2.05, 4.69) is 56.1 Å². The summed E-state index contributed by atoms with van der Waals surface area (Å²) >= 11 is 6.17. The van der Waals surface area contributed by atoms with Crippen LogP contribution in [0.3, 0.4) is 0 Å². The highest BCUT2D eigenvalue weighted by Gasteiger charge is 2.05. The number of aliphatic imine (C=N–C) groups is 1. The Labute approximate surface area is 160 Å². The highest BCUT2D eigenvalue weighted by atomic mass is 35.5. The summed E-state index contributed by atoms with van der Waals surface area (Å²) in [5, 5.41) is 0.662. The van der Waals surface area contributed by atoms with Gasteiger partial charge in [0.25, 0.3) is 0 Å². The topological polar surface area (TPSA) is 21.6 Å². The first-order chi connectivity index (χ1) is 12.5. The molecule has 0 fully saturated rings. The molecule has 0 spiro atoms. The van der Waals surface area contributed by atoms with Crippen molar-refractivity contribution in [1.82, 2.24) is 0 Å². The second-order valence-corrected chi connectivity index (χ2v) is 6.87. The molecule has 0 atom stereocenters. The SMILES string of the molecule is Cc1ccc(COc2ccc(Cl)cc2C=Nc2cccc(C)c2C)cc1. The molecule has 0 heterocycles. The Morgan fingerprint density at radius 3 is 2.50 bits per heavy atom. The van der Waals surface area contributed by atoms with Crippen LogP contribution in [-0.4, -0.2) is 6.21 Å². The normalized spacial score (nSPS) is 11.1. The van der Waals surface area contributed by atoms with Crippen molar-refractivity contribution in [1.29, 1.82) is 0 Å². The van der Waals surface area contributed by atoms with Crippen molar-refractivity contribution < 1.29 is 4.74 Å². The van der Waals surface area contributed by atoms with E-state index in [9.17, 15) is 0 Å². The maximum atomic E-state index is 6.17. The first-order valence-corrected chi connectivity index (χ1v) is 8.99. The standard InChI is InChI=1S/C23H22ClNO/c1-16-7-9-19(10-8-16)15-26-23-12-11-21(24)13-20(23)14-25-22-6-4-5-17(2)18(22)3/h4-14H,15H2,1-3H3. The third-order valence-electron chi connectivity index (χ3n) is 4.41. The van der Waals surface area contributed by atoms with Gasteiger partial charge >= 0.3 is 0 Å². The molecule has 0 saturated carbocycles. The lowest BCUT2D eigenvalue weighted by molar-refractivity contribution is 0.306. The van der Waals surface area contributed by atoms with Gasteiger partial charge in [0.1, 0.15) is 12.4 Å². The average Bonchev–Trinajstić information content (AvgIpc) is 2.63. The summed E-state index contributed by atoms with van der Waals surface area (Å²) in [4.78, 5) is 4.64. The summed E-state index contributed by atoms with van der Waals surface area (Å²) in [6.07, 6.45) is 1.82. The molecule has 0 bridgehead atoms. The molecule has 3 aromatic rings. The predicted octanol–water partition coefficient (Wildman–Crippen LogP) is 6.59. The average molecular weight is 364 g/mol. The maximum absolute atomic E-state index is 6.17. The van der Waals surface area contributed by atoms with Crippen LogP contribution in [-0.2, 0) is 6.61 Å². The molecule has 0 amide bonds. The molecular weight excluding hydrogens is 342 g/mol. The highest BCUT2D eigenvalue weighted by Crippen LogP contribution is 2.25. The smallest absolute Gasteiger partial charge is 0.128 e. The van der Waals surface area contributed by atoms with E-state index in [1.807, 2.05) is 36.5 Å². The van der Waals surface area contributed by atoms with Gasteiger partial charge in [-0.15, -0.1) is 0 Å². The van der Waals surface area contributed by atoms with Crippen molar-refractivity contribution in [3.8, 4) is 5.75 Å². The first kappa shape index (κ1) is 18.2. The van der Waals surface area contributed by atoms with E-state index < -0.39 is 0 Å². The predicted molar refractivity (Wildman–Crippen MR) is 110 cm³/mol. The molecule has 3 heteroatoms. The number of halogens is 1. The second-order valence-electron chi connectivity index (χ2n) is 6.43. The monoisotopic (exact) mass is 363 g/mol. The highest BCUT2D eigenvalue weighted by molar-refractivity contribution is 6.30. The van der Waals surface area contributed by atoms with Crippen LogP contribution in [0, 0.1) is 20.8 Å². The molecule has 0 unspecified atom stereocenters. The van der Waals surface area contributed by atoms with E-state index in [0.29, 0.717) is 11.6 Å². The molecule has 0 aliphatic heterocycles. The van der Waals surface area contributed by atoms with Crippen LogP contribution < -0.4 is 4.74 Å². The molecule has 3 aromatic carbocycles. The first-order valence-electron chi connectivity index (χ1n) is 8.61. The summed E-state index contributed by atoms with van der Waals surface area (Å²) in [6, 6.07) is 20.0. The Kier molecular flexibility index (Phi) is 5.75. The minimum Gasteiger partial charge on any atom is -0.488 e. The molecule has 0 aliphatic rings. The molecule has 0 saturated heterocycles. The van der Waals surface area contributed by atoms with E-state index in [4.69, 9.17) is 16.3 Å². The molecular formula is C23H22ClNO. The van der Waals surface area contributed by atoms with Crippen LogP contribution in [0.5, 0.6) is 5.75 Å². The summed E-state index contributed by atoms with van der Waals surface area (Å²) in [5.41, 5.74) is 6.58. The number of ether oxygens (including phenoxy) is 1. The summed E-state index contributed by atoms with van der Waals surface area (Å²) in [6.45, 7) is 6.75. The zero-order valence-corrected chi connectivity index (χ0v) is 16.0. The second kappa shape index (κ2) is 8.20. The van der Waals surface area contributed by atoms with E-state index in [1.54, 1.807) is 0 Å². The van der Waals surface area contributed by atoms with Crippen molar-refractivity contribution in [2.24, 2.45) is 4.99 Å². The molecule has 0 N–H and O–H groups in total. The van der Waals surface area contributed by atoms with Gasteiger partial charge in [-0.05, 0) is 61.7 Å². The van der Waals surface area contributed by atoms with Crippen LogP contribution in [0.25, 0.3) is 0 Å². The van der Waals surface area contributed by atoms with Gasteiger partial charge in [-0.1, -0.05) is 53.6 Å². The number of nitrogens with zero attached hydrogens (tertiary/aromatic N) is 1. The van der Waals surface area contributed by atoms with Crippen molar-refractivity contribution in [2.45, 2.75) is 27.4 Å². The number of benzene rings is 3. The number of hydrogen-bond donors (Lipinski definition) is 0. The number of rotatable bonds is 5. The summed E-state index contributed by atoms with van der Waals surface area (Å²) in [5.74, 6) is 0.768. The Bertz CT molecular complexity index is 929. The summed E-state index contributed by atoms with van der Waals surface area (Å²) < 4.78 is 6.01. The van der Waals surface area contributed by atoms with E-state index in [-0.39, 0.29) is 0 Å². The Morgan fingerprint density at radius 1 is 0.962 bits per heavy atom. The van der Waals surface area contributed by atoms with Gasteiger partial charge in [0.2, 0.25) is 0 Å². The Morgan fingerprint density at radius 2 is 1.73 bits per heavy atom. The van der Waals surface area contributed by atoms with Crippen LogP contribution >= 0.6 is 11.6 Å². The van der Waals surface area contributed by atoms with Crippen LogP contribution in [0.1, 0.15) is 27.8 Å². The summed E-state index contributed by atoms with van der Waals surface area (Å²) in [7, 11) is 0. The molecule has 0 aliphatic carbocycles. The van der Waals surface area contributed by atoms with Gasteiger partial charge in [-0.25, -0.2) is 0 Å². The zero-order valence-electron chi connectivity index (χ0n) is 15.3. The van der Waals surface area contributed by atoms with Crippen LogP contribution in [0.4, 0.5) is 5.69 Å². The van der Waals surface area contributed by atoms with Gasteiger partial charge in [0.05, 0.1) is 5.69 Å². The van der Waals surface area contributed by atoms with Gasteiger partial charge < -0.3 is 4.74 Å². The molecule has 2 nitrogen and oxygen atoms in total. The van der Waals surface area contributed by atoms with Crippen molar-refractivity contribution >= 4 is 23.5 Å². The van der Waals surface area contributed by atoms with Crippen LogP contribution in [0.15, 0.2) is 65.7 Å². The molecule has 0 aromatic heterocycles. The number of hydrogen-bond acceptors (Lipinski definition) is 2. The van der Waals surface area contributed by atoms with Crippen molar-refractivity contribution in [3.05, 3.63) is 93.5 Å². The maximum Gasteiger partial charge on any atom is 0.128 e. The lowest BCUT2D eigenvalue weighted by Crippen LogP contribution is -1.98. The van der Waals surface area contributed by atoms with Crippen molar-refractivity contribution in [2.75, 3.05) is 0 Å². The lowest BCUT2D eigenvalue weighted by atomic mass is 10.1. The fourth-order valence-electron chi connectivity index (χ4n) is 2.61. The van der Waals surface area contributed by atoms with E-state index in [0.717, 1.165) is 22.6 Å². The quantitative estimate of drug-likeness (QED) is 0.468. The largest absolute Gasteiger partial charge is 0.488 e. The van der Waals surface area contributed by atoms with Gasteiger partial charge in [-0.3, -0.25) is 4.99 Å². The van der Waals surface area contributed by atoms with Gasteiger partial charge in [0.15, 0.2) is 0 Å². The van der Waals surface area contributed by atoms with Gasteiger partial charge in [0, 0.05) is 16.8 Å². The molecule has 26 heavy (non-hydrogen) atoms. The van der Waals surface area contributed by atoms with E-state index in [1.165, 1.54) is 16.7 Å². The fraction of sp³-hybridized carbons (Fsp3) is 0.174. The van der Waals surface area contributed by atoms with Crippen LogP contribution in [0.2, 0.25) is 5.02 Å². The minimum absolute atomic E-state index is 0.506. The third-order valence-corrected chi connectivity index (χ3v) is 4.64. The Balaban J connectivity index is 1.82. The Hall–Kier alpha value is -2.58.